The minimum Gasteiger partial charge on any atom is -0.326 e. The zero-order valence-corrected chi connectivity index (χ0v) is 13.6. The van der Waals surface area contributed by atoms with Gasteiger partial charge in [0, 0.05) is 10.7 Å². The monoisotopic (exact) mass is 348 g/mol. The Morgan fingerprint density at radius 2 is 1.57 bits per heavy atom. The fraction of sp³-hybridized carbons (Fsp3) is 0.176. The number of benzene rings is 2. The summed E-state index contributed by atoms with van der Waals surface area (Å²) in [4.78, 5) is 24.3. The number of carbonyl (C=O) groups is 2. The minimum absolute atomic E-state index is 0.140. The van der Waals surface area contributed by atoms with Crippen molar-refractivity contribution in [1.29, 1.82) is 0 Å². The first kappa shape index (κ1) is 15.8. The van der Waals surface area contributed by atoms with Crippen molar-refractivity contribution in [2.75, 3.05) is 10.6 Å². The van der Waals surface area contributed by atoms with Crippen LogP contribution in [0.2, 0.25) is 10.0 Å². The molecule has 23 heavy (non-hydrogen) atoms. The Hall–Kier alpha value is -2.04. The van der Waals surface area contributed by atoms with Gasteiger partial charge in [-0.1, -0.05) is 41.4 Å². The molecule has 0 aromatic heterocycles. The number of carbonyl (C=O) groups excluding carboxylic acids is 2. The molecule has 6 heteroatoms. The summed E-state index contributed by atoms with van der Waals surface area (Å²) in [6.07, 6.45) is 0.537. The van der Waals surface area contributed by atoms with Crippen LogP contribution < -0.4 is 10.6 Å². The van der Waals surface area contributed by atoms with E-state index in [0.717, 1.165) is 5.69 Å². The van der Waals surface area contributed by atoms with Crippen LogP contribution in [0.4, 0.5) is 11.4 Å². The van der Waals surface area contributed by atoms with Crippen molar-refractivity contribution in [2.45, 2.75) is 6.42 Å². The van der Waals surface area contributed by atoms with Crippen LogP contribution in [0.5, 0.6) is 0 Å². The molecule has 1 aliphatic carbocycles. The number of halogens is 2. The molecule has 3 rings (SSSR count). The molecule has 0 saturated heterocycles. The van der Waals surface area contributed by atoms with Gasteiger partial charge in [0.2, 0.25) is 11.8 Å². The number of hydrogen-bond acceptors (Lipinski definition) is 2. The third-order valence-corrected chi connectivity index (χ3v) is 4.24. The van der Waals surface area contributed by atoms with Crippen molar-refractivity contribution < 1.29 is 9.59 Å². The van der Waals surface area contributed by atoms with E-state index in [2.05, 4.69) is 10.6 Å². The SMILES string of the molecule is O=C(Nc1ccccc1)C1CC1C(=O)Nc1ccc(Cl)cc1Cl. The summed E-state index contributed by atoms with van der Waals surface area (Å²) in [7, 11) is 0. The minimum atomic E-state index is -0.328. The van der Waals surface area contributed by atoms with Gasteiger partial charge >= 0.3 is 0 Å². The molecule has 0 aliphatic heterocycles. The zero-order valence-electron chi connectivity index (χ0n) is 12.1. The van der Waals surface area contributed by atoms with Crippen LogP contribution in [0.3, 0.4) is 0 Å². The van der Waals surface area contributed by atoms with Crippen molar-refractivity contribution in [2.24, 2.45) is 11.8 Å². The molecule has 2 unspecified atom stereocenters. The lowest BCUT2D eigenvalue weighted by atomic mass is 10.2. The van der Waals surface area contributed by atoms with Crippen LogP contribution in [0, 0.1) is 11.8 Å². The van der Waals surface area contributed by atoms with E-state index in [-0.39, 0.29) is 23.7 Å². The second kappa shape index (κ2) is 6.60. The summed E-state index contributed by atoms with van der Waals surface area (Å²) in [5.74, 6) is -0.979. The quantitative estimate of drug-likeness (QED) is 0.869. The van der Waals surface area contributed by atoms with Crippen molar-refractivity contribution in [3.8, 4) is 0 Å². The van der Waals surface area contributed by atoms with Gasteiger partial charge in [-0.15, -0.1) is 0 Å². The van der Waals surface area contributed by atoms with E-state index < -0.39 is 0 Å². The van der Waals surface area contributed by atoms with Gasteiger partial charge in [0.1, 0.15) is 0 Å². The second-order valence-corrected chi connectivity index (χ2v) is 6.26. The lowest BCUT2D eigenvalue weighted by Crippen LogP contribution is -2.20. The highest BCUT2D eigenvalue weighted by atomic mass is 35.5. The molecule has 2 aromatic carbocycles. The Morgan fingerprint density at radius 3 is 2.22 bits per heavy atom. The smallest absolute Gasteiger partial charge is 0.228 e. The van der Waals surface area contributed by atoms with E-state index in [1.807, 2.05) is 30.3 Å². The van der Waals surface area contributed by atoms with E-state index in [0.29, 0.717) is 22.2 Å². The second-order valence-electron chi connectivity index (χ2n) is 5.42. The highest BCUT2D eigenvalue weighted by Gasteiger charge is 2.48. The van der Waals surface area contributed by atoms with E-state index in [9.17, 15) is 9.59 Å². The highest BCUT2D eigenvalue weighted by molar-refractivity contribution is 6.36. The topological polar surface area (TPSA) is 58.2 Å². The molecule has 1 aliphatic rings. The summed E-state index contributed by atoms with van der Waals surface area (Å²) >= 11 is 11.8. The van der Waals surface area contributed by atoms with E-state index in [1.54, 1.807) is 18.2 Å². The molecule has 1 saturated carbocycles. The molecule has 0 bridgehead atoms. The maximum absolute atomic E-state index is 12.2. The van der Waals surface area contributed by atoms with Crippen LogP contribution >= 0.6 is 23.2 Å². The number of anilines is 2. The van der Waals surface area contributed by atoms with E-state index >= 15 is 0 Å². The van der Waals surface area contributed by atoms with E-state index in [1.165, 1.54) is 0 Å². The number of para-hydroxylation sites is 1. The Labute approximate surface area is 143 Å². The van der Waals surface area contributed by atoms with Crippen LogP contribution in [0.15, 0.2) is 48.5 Å². The van der Waals surface area contributed by atoms with Crippen molar-refractivity contribution in [3.05, 3.63) is 58.6 Å². The molecule has 0 spiro atoms. The molecule has 2 N–H and O–H groups in total. The van der Waals surface area contributed by atoms with Crippen LogP contribution in [-0.2, 0) is 9.59 Å². The number of nitrogens with one attached hydrogen (secondary N) is 2. The van der Waals surface area contributed by atoms with E-state index in [4.69, 9.17) is 23.2 Å². The first-order chi connectivity index (χ1) is 11.0. The predicted molar refractivity (Wildman–Crippen MR) is 91.8 cm³/mol. The average molecular weight is 349 g/mol. The molecular formula is C17H14Cl2N2O2. The summed E-state index contributed by atoms with van der Waals surface area (Å²) < 4.78 is 0. The molecular weight excluding hydrogens is 335 g/mol. The van der Waals surface area contributed by atoms with Gasteiger partial charge in [0.15, 0.2) is 0 Å². The Bertz CT molecular complexity index is 750. The van der Waals surface area contributed by atoms with Crippen molar-refractivity contribution >= 4 is 46.4 Å². The molecule has 0 heterocycles. The lowest BCUT2D eigenvalue weighted by Gasteiger charge is -2.08. The fourth-order valence-electron chi connectivity index (χ4n) is 2.35. The van der Waals surface area contributed by atoms with Gasteiger partial charge in [-0.3, -0.25) is 9.59 Å². The van der Waals surface area contributed by atoms with Gasteiger partial charge in [-0.2, -0.15) is 0 Å². The lowest BCUT2D eigenvalue weighted by molar-refractivity contribution is -0.122. The normalized spacial score (nSPS) is 19.0. The number of amides is 2. The van der Waals surface area contributed by atoms with Crippen LogP contribution in [0.1, 0.15) is 6.42 Å². The third-order valence-electron chi connectivity index (χ3n) is 3.69. The van der Waals surface area contributed by atoms with Gasteiger partial charge in [0.05, 0.1) is 22.5 Å². The summed E-state index contributed by atoms with van der Waals surface area (Å²) in [5.41, 5.74) is 1.22. The summed E-state index contributed by atoms with van der Waals surface area (Å²) in [6, 6.07) is 14.0. The predicted octanol–water partition coefficient (Wildman–Crippen LogP) is 4.21. The highest BCUT2D eigenvalue weighted by Crippen LogP contribution is 2.40. The average Bonchev–Trinajstić information content (AvgIpc) is 3.32. The molecule has 2 amide bonds. The fourth-order valence-corrected chi connectivity index (χ4v) is 2.80. The first-order valence-corrected chi connectivity index (χ1v) is 7.92. The standard InChI is InChI=1S/C17H14Cl2N2O2/c18-10-6-7-15(14(19)8-10)21-17(23)13-9-12(13)16(22)20-11-4-2-1-3-5-11/h1-8,12-13H,9H2,(H,20,22)(H,21,23). The maximum atomic E-state index is 12.2. The summed E-state index contributed by atoms with van der Waals surface area (Å²) in [6.45, 7) is 0. The van der Waals surface area contributed by atoms with Gasteiger partial charge in [-0.25, -0.2) is 0 Å². The molecule has 2 atom stereocenters. The van der Waals surface area contributed by atoms with Crippen molar-refractivity contribution in [3.63, 3.8) is 0 Å². The van der Waals surface area contributed by atoms with Crippen LogP contribution in [0.25, 0.3) is 0 Å². The number of hydrogen-bond donors (Lipinski definition) is 2. The molecule has 4 nitrogen and oxygen atoms in total. The largest absolute Gasteiger partial charge is 0.326 e. The molecule has 0 radical (unpaired) electrons. The first-order valence-electron chi connectivity index (χ1n) is 7.16. The van der Waals surface area contributed by atoms with Gasteiger partial charge in [0.25, 0.3) is 0 Å². The third kappa shape index (κ3) is 3.84. The molecule has 118 valence electrons. The van der Waals surface area contributed by atoms with Crippen molar-refractivity contribution in [1.82, 2.24) is 0 Å². The van der Waals surface area contributed by atoms with Gasteiger partial charge < -0.3 is 10.6 Å². The maximum Gasteiger partial charge on any atom is 0.228 e. The zero-order chi connectivity index (χ0) is 16.4. The Kier molecular flexibility index (Phi) is 4.55. The Balaban J connectivity index is 1.57. The Morgan fingerprint density at radius 1 is 0.913 bits per heavy atom. The number of rotatable bonds is 4. The summed E-state index contributed by atoms with van der Waals surface area (Å²) in [5, 5.41) is 6.42. The van der Waals surface area contributed by atoms with Crippen LogP contribution in [-0.4, -0.2) is 11.8 Å². The van der Waals surface area contributed by atoms with Gasteiger partial charge in [-0.05, 0) is 36.8 Å². The molecule has 2 aromatic rings. The molecule has 1 fully saturated rings.